The highest BCUT2D eigenvalue weighted by molar-refractivity contribution is 7.89. The highest BCUT2D eigenvalue weighted by atomic mass is 32.2. The fourth-order valence-corrected chi connectivity index (χ4v) is 7.06. The van der Waals surface area contributed by atoms with Crippen molar-refractivity contribution in [2.24, 2.45) is 0 Å². The van der Waals surface area contributed by atoms with Gasteiger partial charge in [0.05, 0.1) is 10.3 Å². The largest absolute Gasteiger partial charge is 0.314 e. The molecule has 5 nitrogen and oxygen atoms in total. The van der Waals surface area contributed by atoms with E-state index < -0.39 is 15.4 Å². The maximum absolute atomic E-state index is 13.8. The average molecular weight is 433 g/mol. The number of carbonyl (C=O) groups excluding carboxylic acids is 1. The van der Waals surface area contributed by atoms with E-state index in [2.05, 4.69) is 0 Å². The van der Waals surface area contributed by atoms with Gasteiger partial charge in [-0.15, -0.1) is 11.3 Å². The van der Waals surface area contributed by atoms with Crippen molar-refractivity contribution in [3.63, 3.8) is 0 Å². The first-order valence-corrected chi connectivity index (χ1v) is 12.5. The van der Waals surface area contributed by atoms with Crippen molar-refractivity contribution in [2.45, 2.75) is 68.8 Å². The monoisotopic (exact) mass is 432 g/mol. The first-order chi connectivity index (χ1) is 13.7. The molecule has 2 aliphatic rings. The van der Waals surface area contributed by atoms with Crippen LogP contribution in [0.25, 0.3) is 0 Å². The Bertz CT molecular complexity index is 1010. The number of hydrogen-bond acceptors (Lipinski definition) is 4. The Morgan fingerprint density at radius 2 is 1.90 bits per heavy atom. The number of likely N-dealkylation sites (N-methyl/N-ethyl adjacent to an activating group) is 1. The van der Waals surface area contributed by atoms with Gasteiger partial charge in [0.25, 0.3) is 0 Å². The number of anilines is 1. The van der Waals surface area contributed by atoms with Crippen LogP contribution in [0.2, 0.25) is 0 Å². The molecule has 0 spiro atoms. The Morgan fingerprint density at radius 1 is 1.17 bits per heavy atom. The number of sulfonamides is 1. The lowest BCUT2D eigenvalue weighted by molar-refractivity contribution is -0.121. The van der Waals surface area contributed by atoms with Gasteiger partial charge in [-0.3, -0.25) is 4.79 Å². The van der Waals surface area contributed by atoms with Crippen LogP contribution >= 0.6 is 11.3 Å². The van der Waals surface area contributed by atoms with E-state index in [0.717, 1.165) is 41.8 Å². The minimum absolute atomic E-state index is 0.00947. The van der Waals surface area contributed by atoms with Crippen LogP contribution in [0.15, 0.2) is 40.6 Å². The van der Waals surface area contributed by atoms with Gasteiger partial charge in [-0.05, 0) is 61.9 Å². The van der Waals surface area contributed by atoms with Crippen molar-refractivity contribution >= 4 is 33.0 Å². The van der Waals surface area contributed by atoms with Crippen LogP contribution in [0.1, 0.15) is 56.4 Å². The minimum Gasteiger partial charge on any atom is -0.314 e. The van der Waals surface area contributed by atoms with E-state index in [0.29, 0.717) is 6.54 Å². The second kappa shape index (κ2) is 7.52. The number of hydrogen-bond donors (Lipinski definition) is 0. The summed E-state index contributed by atoms with van der Waals surface area (Å²) in [6, 6.07) is 9.14. The predicted octanol–water partition coefficient (Wildman–Crippen LogP) is 4.53. The zero-order chi connectivity index (χ0) is 20.8. The lowest BCUT2D eigenvalue weighted by Gasteiger charge is -2.33. The van der Waals surface area contributed by atoms with Crippen molar-refractivity contribution in [3.05, 3.63) is 46.2 Å². The van der Waals surface area contributed by atoms with Gasteiger partial charge in [0, 0.05) is 30.2 Å². The number of benzene rings is 1. The normalized spacial score (nSPS) is 19.7. The number of amides is 1. The SMILES string of the molecule is CN1C(=O)C(C)(C)c2cc(S(=O)(=O)N(Cc3cccs3)C3CCCCC3)ccc21. The first kappa shape index (κ1) is 20.6. The molecule has 0 bridgehead atoms. The van der Waals surface area contributed by atoms with Crippen molar-refractivity contribution in [3.8, 4) is 0 Å². The smallest absolute Gasteiger partial charge is 0.243 e. The van der Waals surface area contributed by atoms with Gasteiger partial charge in [-0.1, -0.05) is 25.3 Å². The molecule has 1 aromatic heterocycles. The Morgan fingerprint density at radius 3 is 2.55 bits per heavy atom. The van der Waals surface area contributed by atoms with Crippen molar-refractivity contribution in [1.29, 1.82) is 0 Å². The molecule has 1 saturated carbocycles. The Hall–Kier alpha value is -1.70. The van der Waals surface area contributed by atoms with Gasteiger partial charge in [0.15, 0.2) is 0 Å². The summed E-state index contributed by atoms with van der Waals surface area (Å²) in [5, 5.41) is 1.99. The fraction of sp³-hybridized carbons (Fsp3) is 0.500. The molecule has 1 aliphatic heterocycles. The van der Waals surface area contributed by atoms with Gasteiger partial charge in [0.2, 0.25) is 15.9 Å². The van der Waals surface area contributed by atoms with Crippen LogP contribution in [0.3, 0.4) is 0 Å². The molecule has 0 N–H and O–H groups in total. The molecule has 4 rings (SSSR count). The van der Waals surface area contributed by atoms with E-state index in [1.54, 1.807) is 45.8 Å². The van der Waals surface area contributed by atoms with E-state index in [1.807, 2.05) is 31.4 Å². The third-order valence-electron chi connectivity index (χ3n) is 6.32. The third-order valence-corrected chi connectivity index (χ3v) is 9.08. The zero-order valence-corrected chi connectivity index (χ0v) is 18.9. The third kappa shape index (κ3) is 3.53. The molecule has 1 amide bonds. The number of rotatable bonds is 5. The molecule has 29 heavy (non-hydrogen) atoms. The summed E-state index contributed by atoms with van der Waals surface area (Å²) < 4.78 is 29.2. The van der Waals surface area contributed by atoms with Crippen molar-refractivity contribution in [1.82, 2.24) is 4.31 Å². The van der Waals surface area contributed by atoms with Crippen LogP contribution in [-0.2, 0) is 26.8 Å². The summed E-state index contributed by atoms with van der Waals surface area (Å²) in [5.74, 6) is -0.00947. The number of fused-ring (bicyclic) bond motifs is 1. The molecule has 1 aliphatic carbocycles. The van der Waals surface area contributed by atoms with E-state index in [-0.39, 0.29) is 16.8 Å². The number of thiophene rings is 1. The summed E-state index contributed by atoms with van der Waals surface area (Å²) >= 11 is 1.59. The van der Waals surface area contributed by atoms with Gasteiger partial charge >= 0.3 is 0 Å². The minimum atomic E-state index is -3.67. The highest BCUT2D eigenvalue weighted by Gasteiger charge is 2.43. The molecule has 2 heterocycles. The molecule has 1 fully saturated rings. The van der Waals surface area contributed by atoms with Gasteiger partial charge in [-0.2, -0.15) is 4.31 Å². The summed E-state index contributed by atoms with van der Waals surface area (Å²) in [4.78, 5) is 15.6. The highest BCUT2D eigenvalue weighted by Crippen LogP contribution is 2.42. The molecule has 0 atom stereocenters. The maximum Gasteiger partial charge on any atom is 0.243 e. The van der Waals surface area contributed by atoms with Crippen LogP contribution in [0.4, 0.5) is 5.69 Å². The van der Waals surface area contributed by atoms with Crippen LogP contribution < -0.4 is 4.90 Å². The van der Waals surface area contributed by atoms with Gasteiger partial charge in [-0.25, -0.2) is 8.42 Å². The molecule has 0 unspecified atom stereocenters. The Kier molecular flexibility index (Phi) is 5.34. The van der Waals surface area contributed by atoms with Crippen molar-refractivity contribution in [2.75, 3.05) is 11.9 Å². The summed E-state index contributed by atoms with van der Waals surface area (Å²) in [5.41, 5.74) is 0.853. The summed E-state index contributed by atoms with van der Waals surface area (Å²) in [6.45, 7) is 4.13. The number of nitrogens with zero attached hydrogens (tertiary/aromatic N) is 2. The lowest BCUT2D eigenvalue weighted by atomic mass is 9.86. The Labute approximate surface area is 177 Å². The molecular formula is C22H28N2O3S2. The second-order valence-electron chi connectivity index (χ2n) is 8.59. The van der Waals surface area contributed by atoms with Crippen molar-refractivity contribution < 1.29 is 13.2 Å². The second-order valence-corrected chi connectivity index (χ2v) is 11.5. The molecule has 1 aromatic carbocycles. The van der Waals surface area contributed by atoms with Gasteiger partial charge < -0.3 is 4.90 Å². The summed E-state index contributed by atoms with van der Waals surface area (Å²) in [6.07, 6.45) is 5.12. The molecular weight excluding hydrogens is 404 g/mol. The molecule has 0 saturated heterocycles. The van der Waals surface area contributed by atoms with Gasteiger partial charge in [0.1, 0.15) is 0 Å². The molecule has 7 heteroatoms. The molecule has 0 radical (unpaired) electrons. The van der Waals surface area contributed by atoms with E-state index in [9.17, 15) is 13.2 Å². The average Bonchev–Trinajstić information content (AvgIpc) is 3.29. The lowest BCUT2D eigenvalue weighted by Crippen LogP contribution is -2.40. The van der Waals surface area contributed by atoms with Crippen LogP contribution in [-0.4, -0.2) is 31.7 Å². The summed E-state index contributed by atoms with van der Waals surface area (Å²) in [7, 11) is -1.93. The van der Waals surface area contributed by atoms with Crippen LogP contribution in [0, 0.1) is 0 Å². The fourth-order valence-electron chi connectivity index (χ4n) is 4.58. The topological polar surface area (TPSA) is 57.7 Å². The Balaban J connectivity index is 1.75. The molecule has 2 aromatic rings. The molecule has 156 valence electrons. The van der Waals surface area contributed by atoms with E-state index >= 15 is 0 Å². The first-order valence-electron chi connectivity index (χ1n) is 10.2. The predicted molar refractivity (Wildman–Crippen MR) is 117 cm³/mol. The van der Waals surface area contributed by atoms with Crippen LogP contribution in [0.5, 0.6) is 0 Å². The quantitative estimate of drug-likeness (QED) is 0.698. The maximum atomic E-state index is 13.8. The van der Waals surface area contributed by atoms with E-state index in [1.165, 1.54) is 6.42 Å². The number of carbonyl (C=O) groups is 1. The standard InChI is InChI=1S/C22H28N2O3S2/c1-22(2)19-14-18(11-12-20(19)23(3)21(22)25)29(26,27)24(15-17-10-7-13-28-17)16-8-5-4-6-9-16/h7,10-14,16H,4-6,8-9,15H2,1-3H3. The van der Waals surface area contributed by atoms with E-state index in [4.69, 9.17) is 0 Å². The zero-order valence-electron chi connectivity index (χ0n) is 17.2.